The van der Waals surface area contributed by atoms with E-state index in [0.717, 1.165) is 11.1 Å². The molecule has 0 bridgehead atoms. The highest BCUT2D eigenvalue weighted by molar-refractivity contribution is 5.94. The molecule has 4 nitrogen and oxygen atoms in total. The SMILES string of the molecule is CC(=O)c1ccc(OCC(=O)Oc2ccccc2Cc2ccccc2)cc1. The lowest BCUT2D eigenvalue weighted by Crippen LogP contribution is -2.18. The van der Waals surface area contributed by atoms with Crippen molar-refractivity contribution in [2.75, 3.05) is 6.61 Å². The summed E-state index contributed by atoms with van der Waals surface area (Å²) in [7, 11) is 0. The Bertz CT molecular complexity index is 915. The molecule has 0 fully saturated rings. The molecule has 0 aromatic heterocycles. The van der Waals surface area contributed by atoms with Crippen LogP contribution in [0.2, 0.25) is 0 Å². The van der Waals surface area contributed by atoms with E-state index in [-0.39, 0.29) is 12.4 Å². The third-order valence-electron chi connectivity index (χ3n) is 4.05. The van der Waals surface area contributed by atoms with Gasteiger partial charge in [-0.25, -0.2) is 4.79 Å². The molecule has 3 rings (SSSR count). The predicted octanol–water partition coefficient (Wildman–Crippen LogP) is 4.46. The zero-order valence-electron chi connectivity index (χ0n) is 15.1. The molecule has 0 amide bonds. The van der Waals surface area contributed by atoms with Gasteiger partial charge in [-0.2, -0.15) is 0 Å². The minimum absolute atomic E-state index is 0.0176. The summed E-state index contributed by atoms with van der Waals surface area (Å²) in [5.74, 6) is 0.540. The summed E-state index contributed by atoms with van der Waals surface area (Å²) in [5.41, 5.74) is 2.67. The number of benzene rings is 3. The van der Waals surface area contributed by atoms with E-state index in [2.05, 4.69) is 0 Å². The topological polar surface area (TPSA) is 52.6 Å². The molecule has 0 radical (unpaired) electrons. The van der Waals surface area contributed by atoms with Crippen LogP contribution in [0.3, 0.4) is 0 Å². The van der Waals surface area contributed by atoms with Gasteiger partial charge in [0.05, 0.1) is 0 Å². The standard InChI is InChI=1S/C23H20O4/c1-17(24)19-11-13-21(14-12-19)26-16-23(25)27-22-10-6-5-9-20(22)15-18-7-3-2-4-8-18/h2-14H,15-16H2,1H3. The second kappa shape index (κ2) is 8.81. The summed E-state index contributed by atoms with van der Waals surface area (Å²) in [6.45, 7) is 1.29. The zero-order valence-corrected chi connectivity index (χ0v) is 15.1. The predicted molar refractivity (Wildman–Crippen MR) is 103 cm³/mol. The van der Waals surface area contributed by atoms with Crippen molar-refractivity contribution in [1.82, 2.24) is 0 Å². The fraction of sp³-hybridized carbons (Fsp3) is 0.130. The van der Waals surface area contributed by atoms with Crippen LogP contribution in [-0.2, 0) is 11.2 Å². The molecule has 0 N–H and O–H groups in total. The van der Waals surface area contributed by atoms with Crippen molar-refractivity contribution >= 4 is 11.8 Å². The highest BCUT2D eigenvalue weighted by Gasteiger charge is 2.11. The number of carbonyl (C=O) groups excluding carboxylic acids is 2. The van der Waals surface area contributed by atoms with E-state index < -0.39 is 5.97 Å². The van der Waals surface area contributed by atoms with Gasteiger partial charge in [0.1, 0.15) is 11.5 Å². The Balaban J connectivity index is 1.60. The molecular formula is C23H20O4. The second-order valence-corrected chi connectivity index (χ2v) is 6.11. The quantitative estimate of drug-likeness (QED) is 0.354. The molecule has 3 aromatic carbocycles. The van der Waals surface area contributed by atoms with Gasteiger partial charge in [0.2, 0.25) is 0 Å². The van der Waals surface area contributed by atoms with Crippen LogP contribution in [0, 0.1) is 0 Å². The Hall–Kier alpha value is -3.40. The molecule has 136 valence electrons. The van der Waals surface area contributed by atoms with E-state index in [1.54, 1.807) is 30.3 Å². The molecule has 0 aliphatic carbocycles. The molecule has 27 heavy (non-hydrogen) atoms. The zero-order chi connectivity index (χ0) is 19.1. The van der Waals surface area contributed by atoms with Gasteiger partial charge in [-0.05, 0) is 48.4 Å². The fourth-order valence-corrected chi connectivity index (χ4v) is 2.65. The maximum absolute atomic E-state index is 12.2. The van der Waals surface area contributed by atoms with Gasteiger partial charge in [0.25, 0.3) is 0 Å². The van der Waals surface area contributed by atoms with E-state index in [4.69, 9.17) is 9.47 Å². The van der Waals surface area contributed by atoms with Crippen molar-refractivity contribution < 1.29 is 19.1 Å². The monoisotopic (exact) mass is 360 g/mol. The van der Waals surface area contributed by atoms with Gasteiger partial charge >= 0.3 is 5.97 Å². The minimum Gasteiger partial charge on any atom is -0.482 e. The van der Waals surface area contributed by atoms with Crippen LogP contribution in [0.1, 0.15) is 28.4 Å². The summed E-state index contributed by atoms with van der Waals surface area (Å²) < 4.78 is 10.9. The van der Waals surface area contributed by atoms with Crippen LogP contribution in [0.15, 0.2) is 78.9 Å². The normalized spacial score (nSPS) is 10.3. The Morgan fingerprint density at radius 3 is 2.19 bits per heavy atom. The van der Waals surface area contributed by atoms with Crippen LogP contribution in [0.4, 0.5) is 0 Å². The number of hydrogen-bond acceptors (Lipinski definition) is 4. The molecule has 0 saturated carbocycles. The number of rotatable bonds is 7. The second-order valence-electron chi connectivity index (χ2n) is 6.11. The summed E-state index contributed by atoms with van der Waals surface area (Å²) in [6.07, 6.45) is 0.678. The molecule has 0 aliphatic heterocycles. The molecule has 4 heteroatoms. The van der Waals surface area contributed by atoms with Crippen LogP contribution < -0.4 is 9.47 Å². The van der Waals surface area contributed by atoms with E-state index in [0.29, 0.717) is 23.5 Å². The smallest absolute Gasteiger partial charge is 0.349 e. The van der Waals surface area contributed by atoms with Gasteiger partial charge < -0.3 is 9.47 Å². The van der Waals surface area contributed by atoms with Crippen LogP contribution in [0.25, 0.3) is 0 Å². The Morgan fingerprint density at radius 2 is 1.48 bits per heavy atom. The molecule has 0 unspecified atom stereocenters. The van der Waals surface area contributed by atoms with Crippen molar-refractivity contribution in [3.8, 4) is 11.5 Å². The van der Waals surface area contributed by atoms with Gasteiger partial charge in [-0.3, -0.25) is 4.79 Å². The average molecular weight is 360 g/mol. The molecule has 0 atom stereocenters. The largest absolute Gasteiger partial charge is 0.482 e. The average Bonchev–Trinajstić information content (AvgIpc) is 2.69. The van der Waals surface area contributed by atoms with Crippen molar-refractivity contribution in [2.24, 2.45) is 0 Å². The van der Waals surface area contributed by atoms with E-state index >= 15 is 0 Å². The van der Waals surface area contributed by atoms with Gasteiger partial charge in [0.15, 0.2) is 12.4 Å². The van der Waals surface area contributed by atoms with E-state index in [1.807, 2.05) is 48.5 Å². The third-order valence-corrected chi connectivity index (χ3v) is 4.05. The lowest BCUT2D eigenvalue weighted by Gasteiger charge is -2.11. The first kappa shape index (κ1) is 18.4. The van der Waals surface area contributed by atoms with Crippen LogP contribution in [0.5, 0.6) is 11.5 Å². The first-order chi connectivity index (χ1) is 13.1. The number of para-hydroxylation sites is 1. The summed E-state index contributed by atoms with van der Waals surface area (Å²) in [4.78, 5) is 23.4. The highest BCUT2D eigenvalue weighted by atomic mass is 16.6. The van der Waals surface area contributed by atoms with Crippen molar-refractivity contribution in [3.63, 3.8) is 0 Å². The fourth-order valence-electron chi connectivity index (χ4n) is 2.65. The van der Waals surface area contributed by atoms with Gasteiger partial charge in [-0.15, -0.1) is 0 Å². The Morgan fingerprint density at radius 1 is 0.815 bits per heavy atom. The molecule has 0 aliphatic rings. The first-order valence-electron chi connectivity index (χ1n) is 8.68. The van der Waals surface area contributed by atoms with Crippen molar-refractivity contribution in [2.45, 2.75) is 13.3 Å². The summed E-state index contributed by atoms with van der Waals surface area (Å²) >= 11 is 0. The lowest BCUT2D eigenvalue weighted by molar-refractivity contribution is -0.136. The minimum atomic E-state index is -0.480. The van der Waals surface area contributed by atoms with Crippen LogP contribution >= 0.6 is 0 Å². The number of hydrogen-bond donors (Lipinski definition) is 0. The lowest BCUT2D eigenvalue weighted by atomic mass is 10.0. The molecule has 0 spiro atoms. The van der Waals surface area contributed by atoms with E-state index in [9.17, 15) is 9.59 Å². The Kier molecular flexibility index (Phi) is 6.00. The molecule has 0 heterocycles. The number of ketones is 1. The summed E-state index contributed by atoms with van der Waals surface area (Å²) in [6, 6.07) is 24.1. The number of Topliss-reactive ketones (excluding diaryl/α,β-unsaturated/α-hetero) is 1. The number of esters is 1. The number of ether oxygens (including phenoxy) is 2. The molecule has 0 saturated heterocycles. The Labute approximate surface area is 158 Å². The third kappa shape index (κ3) is 5.28. The van der Waals surface area contributed by atoms with Crippen LogP contribution in [-0.4, -0.2) is 18.4 Å². The maximum Gasteiger partial charge on any atom is 0.349 e. The summed E-state index contributed by atoms with van der Waals surface area (Å²) in [5, 5.41) is 0. The maximum atomic E-state index is 12.2. The van der Waals surface area contributed by atoms with Gasteiger partial charge in [0, 0.05) is 12.0 Å². The molecule has 3 aromatic rings. The first-order valence-corrected chi connectivity index (χ1v) is 8.68. The highest BCUT2D eigenvalue weighted by Crippen LogP contribution is 2.22. The van der Waals surface area contributed by atoms with E-state index in [1.165, 1.54) is 6.92 Å². The molecular weight excluding hydrogens is 340 g/mol. The number of carbonyl (C=O) groups is 2. The van der Waals surface area contributed by atoms with Crippen molar-refractivity contribution in [1.29, 1.82) is 0 Å². The van der Waals surface area contributed by atoms with Crippen molar-refractivity contribution in [3.05, 3.63) is 95.6 Å². The van der Waals surface area contributed by atoms with Gasteiger partial charge in [-0.1, -0.05) is 48.5 Å².